The third-order valence-electron chi connectivity index (χ3n) is 4.22. The number of hydrogen-bond acceptors (Lipinski definition) is 6. The fourth-order valence-electron chi connectivity index (χ4n) is 2.90. The molecule has 1 aromatic heterocycles. The summed E-state index contributed by atoms with van der Waals surface area (Å²) in [5.41, 5.74) is 1.30. The molecule has 0 spiro atoms. The van der Waals surface area contributed by atoms with Crippen molar-refractivity contribution >= 4 is 17.7 Å². The lowest BCUT2D eigenvalue weighted by Crippen LogP contribution is -2.37. The molecule has 1 heterocycles. The molecule has 1 N–H and O–H groups in total. The van der Waals surface area contributed by atoms with Crippen LogP contribution < -0.4 is 10.1 Å². The number of tetrazole rings is 1. The lowest BCUT2D eigenvalue weighted by Gasteiger charge is -2.15. The van der Waals surface area contributed by atoms with Crippen molar-refractivity contribution in [2.24, 2.45) is 0 Å². The second-order valence-electron chi connectivity index (χ2n) is 6.59. The van der Waals surface area contributed by atoms with Gasteiger partial charge < -0.3 is 14.8 Å². The molecule has 0 aliphatic heterocycles. The number of carbonyl (C=O) groups excluding carboxylic acids is 1. The van der Waals surface area contributed by atoms with Gasteiger partial charge in [-0.2, -0.15) is 4.68 Å². The van der Waals surface area contributed by atoms with E-state index in [0.29, 0.717) is 35.7 Å². The van der Waals surface area contributed by atoms with Crippen LogP contribution in [0.1, 0.15) is 19.7 Å². The van der Waals surface area contributed by atoms with Crippen LogP contribution in [0.4, 0.5) is 9.18 Å². The van der Waals surface area contributed by atoms with Crippen LogP contribution in [0.25, 0.3) is 16.8 Å². The molecule has 0 saturated carbocycles. The van der Waals surface area contributed by atoms with E-state index in [9.17, 15) is 9.18 Å². The first-order chi connectivity index (χ1) is 14.4. The SMILES string of the molecule is CCc1nnnn1-c1cc(OC(=O)N[C@H](C)COC)cc(-c2ccc(Cl)cc2F)c1. The molecule has 0 saturated heterocycles. The molecule has 0 radical (unpaired) electrons. The standard InChI is InChI=1S/C20H21ClFN5O3/c1-4-19-24-25-26-27(19)15-7-13(17-6-5-14(21)9-18(17)22)8-16(10-15)30-20(28)23-12(2)11-29-3/h5-10,12H,4,11H2,1-3H3,(H,23,28)/t12-/m1/s1. The molecule has 0 unspecified atom stereocenters. The zero-order chi connectivity index (χ0) is 21.7. The Balaban J connectivity index is 2.01. The van der Waals surface area contributed by atoms with Gasteiger partial charge in [-0.25, -0.2) is 9.18 Å². The van der Waals surface area contributed by atoms with Gasteiger partial charge in [-0.15, -0.1) is 5.10 Å². The Morgan fingerprint density at radius 3 is 2.80 bits per heavy atom. The minimum absolute atomic E-state index is 0.205. The van der Waals surface area contributed by atoms with Crippen LogP contribution in [-0.2, 0) is 11.2 Å². The zero-order valence-corrected chi connectivity index (χ0v) is 17.5. The summed E-state index contributed by atoms with van der Waals surface area (Å²) in [4.78, 5) is 12.3. The molecule has 1 amide bonds. The maximum Gasteiger partial charge on any atom is 0.412 e. The average molecular weight is 434 g/mol. The van der Waals surface area contributed by atoms with Crippen LogP contribution in [0.15, 0.2) is 36.4 Å². The number of rotatable bonds is 7. The molecule has 0 fully saturated rings. The molecule has 0 aliphatic carbocycles. The molecule has 158 valence electrons. The Morgan fingerprint density at radius 1 is 1.30 bits per heavy atom. The highest BCUT2D eigenvalue weighted by atomic mass is 35.5. The number of aryl methyl sites for hydroxylation is 1. The monoisotopic (exact) mass is 433 g/mol. The van der Waals surface area contributed by atoms with Gasteiger partial charge in [0.05, 0.1) is 18.3 Å². The van der Waals surface area contributed by atoms with Gasteiger partial charge in [0.15, 0.2) is 5.82 Å². The zero-order valence-electron chi connectivity index (χ0n) is 16.7. The lowest BCUT2D eigenvalue weighted by atomic mass is 10.0. The number of nitrogens with one attached hydrogen (secondary N) is 1. The Kier molecular flexibility index (Phi) is 6.96. The van der Waals surface area contributed by atoms with Crippen LogP contribution >= 0.6 is 11.6 Å². The Bertz CT molecular complexity index is 1040. The molecule has 1 atom stereocenters. The molecule has 3 rings (SSSR count). The topological polar surface area (TPSA) is 91.2 Å². The highest BCUT2D eigenvalue weighted by Crippen LogP contribution is 2.31. The van der Waals surface area contributed by atoms with Crippen molar-refractivity contribution in [2.45, 2.75) is 26.3 Å². The van der Waals surface area contributed by atoms with E-state index in [1.54, 1.807) is 37.3 Å². The van der Waals surface area contributed by atoms with Gasteiger partial charge in [0.25, 0.3) is 0 Å². The van der Waals surface area contributed by atoms with Crippen molar-refractivity contribution < 1.29 is 18.7 Å². The molecule has 10 heteroatoms. The minimum atomic E-state index is -0.661. The van der Waals surface area contributed by atoms with Crippen LogP contribution in [-0.4, -0.2) is 46.1 Å². The number of amides is 1. The van der Waals surface area contributed by atoms with Crippen LogP contribution in [0, 0.1) is 5.82 Å². The van der Waals surface area contributed by atoms with Gasteiger partial charge in [0.1, 0.15) is 11.6 Å². The second kappa shape index (κ2) is 9.64. The summed E-state index contributed by atoms with van der Waals surface area (Å²) in [5.74, 6) is 0.306. The number of carbonyl (C=O) groups is 1. The summed E-state index contributed by atoms with van der Waals surface area (Å²) < 4.78 is 26.5. The smallest absolute Gasteiger partial charge is 0.410 e. The number of ether oxygens (including phenoxy) is 2. The van der Waals surface area contributed by atoms with E-state index in [4.69, 9.17) is 21.1 Å². The van der Waals surface area contributed by atoms with E-state index in [1.165, 1.54) is 17.9 Å². The molecule has 8 nitrogen and oxygen atoms in total. The van der Waals surface area contributed by atoms with E-state index in [-0.39, 0.29) is 16.8 Å². The summed E-state index contributed by atoms with van der Waals surface area (Å²) in [6.45, 7) is 4.03. The van der Waals surface area contributed by atoms with Crippen molar-refractivity contribution in [1.29, 1.82) is 0 Å². The van der Waals surface area contributed by atoms with Crippen molar-refractivity contribution in [3.05, 3.63) is 53.1 Å². The Morgan fingerprint density at radius 2 is 2.10 bits per heavy atom. The number of benzene rings is 2. The minimum Gasteiger partial charge on any atom is -0.410 e. The predicted molar refractivity (Wildman–Crippen MR) is 109 cm³/mol. The molecule has 0 bridgehead atoms. The second-order valence-corrected chi connectivity index (χ2v) is 7.03. The van der Waals surface area contributed by atoms with Crippen LogP contribution in [0.3, 0.4) is 0 Å². The van der Waals surface area contributed by atoms with Gasteiger partial charge in [0, 0.05) is 30.2 Å². The molecular formula is C20H21ClFN5O3. The largest absolute Gasteiger partial charge is 0.412 e. The van der Waals surface area contributed by atoms with Crippen LogP contribution in [0.2, 0.25) is 5.02 Å². The molecule has 2 aromatic carbocycles. The molecular weight excluding hydrogens is 413 g/mol. The molecule has 30 heavy (non-hydrogen) atoms. The van der Waals surface area contributed by atoms with Crippen molar-refractivity contribution in [3.8, 4) is 22.6 Å². The summed E-state index contributed by atoms with van der Waals surface area (Å²) in [5, 5.41) is 14.6. The van der Waals surface area contributed by atoms with Gasteiger partial charge >= 0.3 is 6.09 Å². The maximum absolute atomic E-state index is 14.5. The third kappa shape index (κ3) is 5.11. The van der Waals surface area contributed by atoms with Gasteiger partial charge in [-0.05, 0) is 53.2 Å². The third-order valence-corrected chi connectivity index (χ3v) is 4.45. The lowest BCUT2D eigenvalue weighted by molar-refractivity contribution is 0.159. The van der Waals surface area contributed by atoms with Gasteiger partial charge in [-0.3, -0.25) is 0 Å². The number of methoxy groups -OCH3 is 1. The first-order valence-corrected chi connectivity index (χ1v) is 9.64. The highest BCUT2D eigenvalue weighted by Gasteiger charge is 2.16. The maximum atomic E-state index is 14.5. The van der Waals surface area contributed by atoms with E-state index >= 15 is 0 Å². The summed E-state index contributed by atoms with van der Waals surface area (Å²) in [6.07, 6.45) is -0.0794. The number of nitrogens with zero attached hydrogens (tertiary/aromatic N) is 4. The quantitative estimate of drug-likeness (QED) is 0.609. The van der Waals surface area contributed by atoms with Crippen LogP contribution in [0.5, 0.6) is 5.75 Å². The number of hydrogen-bond donors (Lipinski definition) is 1. The predicted octanol–water partition coefficient (Wildman–Crippen LogP) is 3.81. The summed E-state index contributed by atoms with van der Waals surface area (Å²) >= 11 is 5.87. The average Bonchev–Trinajstić information content (AvgIpc) is 3.16. The summed E-state index contributed by atoms with van der Waals surface area (Å²) in [6, 6.07) is 8.99. The van der Waals surface area contributed by atoms with Crippen molar-refractivity contribution in [2.75, 3.05) is 13.7 Å². The number of halogens is 2. The van der Waals surface area contributed by atoms with E-state index in [2.05, 4.69) is 20.8 Å². The highest BCUT2D eigenvalue weighted by molar-refractivity contribution is 6.30. The Hall–Kier alpha value is -3.04. The summed E-state index contributed by atoms with van der Waals surface area (Å²) in [7, 11) is 1.54. The van der Waals surface area contributed by atoms with E-state index in [0.717, 1.165) is 0 Å². The normalized spacial score (nSPS) is 11.9. The van der Waals surface area contributed by atoms with Gasteiger partial charge in [-0.1, -0.05) is 18.5 Å². The van der Waals surface area contributed by atoms with E-state index in [1.807, 2.05) is 6.92 Å². The fourth-order valence-corrected chi connectivity index (χ4v) is 3.06. The Labute approximate surface area is 177 Å². The van der Waals surface area contributed by atoms with Crippen molar-refractivity contribution in [1.82, 2.24) is 25.5 Å². The number of aromatic nitrogens is 4. The first-order valence-electron chi connectivity index (χ1n) is 9.26. The van der Waals surface area contributed by atoms with Crippen molar-refractivity contribution in [3.63, 3.8) is 0 Å². The fraction of sp³-hybridized carbons (Fsp3) is 0.300. The first kappa shape index (κ1) is 21.7. The van der Waals surface area contributed by atoms with Gasteiger partial charge in [0.2, 0.25) is 0 Å². The van der Waals surface area contributed by atoms with E-state index < -0.39 is 11.9 Å². The molecule has 3 aromatic rings. The molecule has 0 aliphatic rings.